The molecule has 0 aromatic heterocycles. The Morgan fingerprint density at radius 2 is 1.79 bits per heavy atom. The van der Waals surface area contributed by atoms with E-state index >= 15 is 0 Å². The highest BCUT2D eigenvalue weighted by Gasteiger charge is 2.14. The summed E-state index contributed by atoms with van der Waals surface area (Å²) in [6.07, 6.45) is 0. The van der Waals surface area contributed by atoms with Crippen LogP contribution in [0.15, 0.2) is 53.0 Å². The van der Waals surface area contributed by atoms with E-state index in [1.807, 2.05) is 24.3 Å². The van der Waals surface area contributed by atoms with E-state index in [4.69, 9.17) is 0 Å². The zero-order valence-electron chi connectivity index (χ0n) is 13.8. The van der Waals surface area contributed by atoms with Gasteiger partial charge < -0.3 is 15.1 Å². The van der Waals surface area contributed by atoms with Gasteiger partial charge in [0.1, 0.15) is 0 Å². The summed E-state index contributed by atoms with van der Waals surface area (Å²) in [4.78, 5) is 16.9. The number of amides is 1. The molecule has 3 rings (SSSR count). The lowest BCUT2D eigenvalue weighted by Gasteiger charge is -2.34. The van der Waals surface area contributed by atoms with Gasteiger partial charge in [-0.15, -0.1) is 0 Å². The van der Waals surface area contributed by atoms with Crippen LogP contribution in [0.25, 0.3) is 0 Å². The molecule has 0 aliphatic carbocycles. The first-order valence-electron chi connectivity index (χ1n) is 8.18. The summed E-state index contributed by atoms with van der Waals surface area (Å²) in [7, 11) is 2.16. The number of hydrogen-bond donors (Lipinski definition) is 1. The van der Waals surface area contributed by atoms with Crippen molar-refractivity contribution in [1.29, 1.82) is 0 Å². The van der Waals surface area contributed by atoms with Gasteiger partial charge in [-0.25, -0.2) is 0 Å². The summed E-state index contributed by atoms with van der Waals surface area (Å²) in [5.74, 6) is -0.0561. The smallest absolute Gasteiger partial charge is 0.251 e. The summed E-state index contributed by atoms with van der Waals surface area (Å²) in [5.41, 5.74) is 3.03. The van der Waals surface area contributed by atoms with Crippen molar-refractivity contribution < 1.29 is 4.79 Å². The van der Waals surface area contributed by atoms with Gasteiger partial charge in [-0.3, -0.25) is 4.79 Å². The normalized spacial score (nSPS) is 15.3. The number of rotatable bonds is 4. The minimum absolute atomic E-state index is 0.0561. The zero-order valence-corrected chi connectivity index (χ0v) is 15.4. The Hall–Kier alpha value is -1.85. The molecular weight excluding hydrogens is 366 g/mol. The summed E-state index contributed by atoms with van der Waals surface area (Å²) in [6, 6.07) is 15.9. The monoisotopic (exact) mass is 387 g/mol. The van der Waals surface area contributed by atoms with Crippen molar-refractivity contribution in [2.24, 2.45) is 0 Å². The Kier molecular flexibility index (Phi) is 5.53. The number of halogens is 1. The minimum Gasteiger partial charge on any atom is -0.369 e. The third kappa shape index (κ3) is 4.36. The number of anilines is 1. The van der Waals surface area contributed by atoms with Crippen molar-refractivity contribution in [3.63, 3.8) is 0 Å². The van der Waals surface area contributed by atoms with Gasteiger partial charge >= 0.3 is 0 Å². The maximum atomic E-state index is 12.2. The number of nitrogens with one attached hydrogen (secondary N) is 1. The van der Waals surface area contributed by atoms with Crippen molar-refractivity contribution in [3.8, 4) is 0 Å². The van der Waals surface area contributed by atoms with Gasteiger partial charge in [0.05, 0.1) is 0 Å². The number of likely N-dealkylation sites (N-methyl/N-ethyl adjacent to an activating group) is 1. The second-order valence-electron chi connectivity index (χ2n) is 6.15. The van der Waals surface area contributed by atoms with E-state index in [-0.39, 0.29) is 5.91 Å². The molecule has 1 fully saturated rings. The van der Waals surface area contributed by atoms with Crippen molar-refractivity contribution in [2.45, 2.75) is 6.54 Å². The quantitative estimate of drug-likeness (QED) is 0.874. The van der Waals surface area contributed by atoms with Gasteiger partial charge in [0, 0.05) is 48.4 Å². The molecule has 0 bridgehead atoms. The SMILES string of the molecule is CN1CCN(c2ccc(CNC(=O)c3cccc(Br)c3)cc2)CC1. The van der Waals surface area contributed by atoms with Gasteiger partial charge in [0.25, 0.3) is 5.91 Å². The Labute approximate surface area is 151 Å². The van der Waals surface area contributed by atoms with Crippen LogP contribution >= 0.6 is 15.9 Å². The highest BCUT2D eigenvalue weighted by atomic mass is 79.9. The standard InChI is InChI=1S/C19H22BrN3O/c1-22-9-11-23(12-10-22)18-7-5-15(6-8-18)14-21-19(24)16-3-2-4-17(20)13-16/h2-8,13H,9-12,14H2,1H3,(H,21,24). The lowest BCUT2D eigenvalue weighted by molar-refractivity contribution is 0.0951. The molecule has 4 nitrogen and oxygen atoms in total. The van der Waals surface area contributed by atoms with E-state index in [1.165, 1.54) is 5.69 Å². The number of hydrogen-bond acceptors (Lipinski definition) is 3. The summed E-state index contributed by atoms with van der Waals surface area (Å²) >= 11 is 3.39. The van der Waals surface area contributed by atoms with Crippen LogP contribution in [-0.4, -0.2) is 44.0 Å². The van der Waals surface area contributed by atoms with Crippen LogP contribution in [-0.2, 0) is 6.54 Å². The van der Waals surface area contributed by atoms with Crippen molar-refractivity contribution in [2.75, 3.05) is 38.1 Å². The van der Waals surface area contributed by atoms with E-state index in [9.17, 15) is 4.79 Å². The Morgan fingerprint density at radius 3 is 2.46 bits per heavy atom. The molecule has 5 heteroatoms. The molecule has 1 heterocycles. The number of piperazine rings is 1. The van der Waals surface area contributed by atoms with Crippen LogP contribution in [0.2, 0.25) is 0 Å². The number of carbonyl (C=O) groups excluding carboxylic acids is 1. The molecule has 24 heavy (non-hydrogen) atoms. The number of carbonyl (C=O) groups is 1. The van der Waals surface area contributed by atoms with Gasteiger partial charge in [-0.05, 0) is 42.9 Å². The molecule has 1 saturated heterocycles. The van der Waals surface area contributed by atoms with Crippen molar-refractivity contribution in [1.82, 2.24) is 10.2 Å². The predicted octanol–water partition coefficient (Wildman–Crippen LogP) is 3.13. The van der Waals surface area contributed by atoms with Crippen molar-refractivity contribution >= 4 is 27.5 Å². The molecule has 2 aromatic carbocycles. The third-order valence-electron chi connectivity index (χ3n) is 4.34. The Bertz CT molecular complexity index is 694. The second-order valence-corrected chi connectivity index (χ2v) is 7.07. The fourth-order valence-electron chi connectivity index (χ4n) is 2.80. The topological polar surface area (TPSA) is 35.6 Å². The molecule has 0 saturated carbocycles. The molecule has 2 aromatic rings. The highest BCUT2D eigenvalue weighted by Crippen LogP contribution is 2.17. The highest BCUT2D eigenvalue weighted by molar-refractivity contribution is 9.10. The van der Waals surface area contributed by atoms with E-state index in [2.05, 4.69) is 62.4 Å². The van der Waals surface area contributed by atoms with Crippen LogP contribution < -0.4 is 10.2 Å². The molecule has 1 N–H and O–H groups in total. The van der Waals surface area contributed by atoms with E-state index in [0.717, 1.165) is 36.2 Å². The molecule has 0 unspecified atom stereocenters. The van der Waals surface area contributed by atoms with Crippen LogP contribution in [0.3, 0.4) is 0 Å². The maximum absolute atomic E-state index is 12.2. The van der Waals surface area contributed by atoms with Crippen molar-refractivity contribution in [3.05, 3.63) is 64.1 Å². The first-order chi connectivity index (χ1) is 11.6. The maximum Gasteiger partial charge on any atom is 0.251 e. The molecule has 1 amide bonds. The Morgan fingerprint density at radius 1 is 1.08 bits per heavy atom. The second kappa shape index (κ2) is 7.81. The molecule has 0 atom stereocenters. The average molecular weight is 388 g/mol. The van der Waals surface area contributed by atoms with Crippen LogP contribution in [0.1, 0.15) is 15.9 Å². The first-order valence-corrected chi connectivity index (χ1v) is 8.97. The zero-order chi connectivity index (χ0) is 16.9. The van der Waals surface area contributed by atoms with E-state index in [0.29, 0.717) is 12.1 Å². The van der Waals surface area contributed by atoms with Gasteiger partial charge in [0.2, 0.25) is 0 Å². The fraction of sp³-hybridized carbons (Fsp3) is 0.316. The lowest BCUT2D eigenvalue weighted by Crippen LogP contribution is -2.44. The largest absolute Gasteiger partial charge is 0.369 e. The minimum atomic E-state index is -0.0561. The summed E-state index contributed by atoms with van der Waals surface area (Å²) in [6.45, 7) is 4.87. The van der Waals surface area contributed by atoms with E-state index < -0.39 is 0 Å². The van der Waals surface area contributed by atoms with Gasteiger partial charge in [0.15, 0.2) is 0 Å². The number of benzene rings is 2. The fourth-order valence-corrected chi connectivity index (χ4v) is 3.20. The third-order valence-corrected chi connectivity index (χ3v) is 4.84. The molecule has 1 aliphatic heterocycles. The van der Waals surface area contributed by atoms with Gasteiger partial charge in [-0.2, -0.15) is 0 Å². The lowest BCUT2D eigenvalue weighted by atomic mass is 10.1. The molecular formula is C19H22BrN3O. The van der Waals surface area contributed by atoms with E-state index in [1.54, 1.807) is 0 Å². The predicted molar refractivity (Wildman–Crippen MR) is 101 cm³/mol. The van der Waals surface area contributed by atoms with Gasteiger partial charge in [-0.1, -0.05) is 34.1 Å². The van der Waals surface area contributed by atoms with Crippen LogP contribution in [0.4, 0.5) is 5.69 Å². The summed E-state index contributed by atoms with van der Waals surface area (Å²) < 4.78 is 0.909. The average Bonchev–Trinajstić information content (AvgIpc) is 2.61. The summed E-state index contributed by atoms with van der Waals surface area (Å²) in [5, 5.41) is 2.97. The molecule has 0 spiro atoms. The molecule has 1 aliphatic rings. The van der Waals surface area contributed by atoms with Crippen LogP contribution in [0, 0.1) is 0 Å². The molecule has 126 valence electrons. The molecule has 0 radical (unpaired) electrons. The van der Waals surface area contributed by atoms with Crippen LogP contribution in [0.5, 0.6) is 0 Å². The number of nitrogens with zero attached hydrogens (tertiary/aromatic N) is 2. The first kappa shape index (κ1) is 17.0. The Balaban J connectivity index is 1.55.